The van der Waals surface area contributed by atoms with Gasteiger partial charge in [-0.1, -0.05) is 12.5 Å². The van der Waals surface area contributed by atoms with Crippen molar-refractivity contribution >= 4 is 39.5 Å². The van der Waals surface area contributed by atoms with Crippen LogP contribution in [-0.2, 0) is 11.8 Å². The largest absolute Gasteiger partial charge is 0.457 e. The van der Waals surface area contributed by atoms with Gasteiger partial charge in [-0.2, -0.15) is 0 Å². The molecule has 0 saturated carbocycles. The van der Waals surface area contributed by atoms with Crippen LogP contribution in [0.25, 0.3) is 22.1 Å². The number of nitrogens with one attached hydrogen (secondary N) is 1. The van der Waals surface area contributed by atoms with Crippen molar-refractivity contribution in [3.63, 3.8) is 0 Å². The standard InChI is InChI=1S/C31H28N8O2/c1-4-29(40)39-14-6-5-7-22(39)9-13-28-32-17-25-30(37-28)31(34-18-33-25)36-21-8-12-27(20(2)15-21)41-23-10-11-26-24(16-23)35-19-38(26)3/h4,8,10-12,15-19,22H,1,5-7,14H2,2-3H3,(H,33,34,36)/t22-/m0/s1. The summed E-state index contributed by atoms with van der Waals surface area (Å²) in [5.41, 5.74) is 4.84. The Morgan fingerprint density at radius 1 is 1.12 bits per heavy atom. The van der Waals surface area contributed by atoms with Crippen LogP contribution in [0.4, 0.5) is 11.5 Å². The first-order chi connectivity index (χ1) is 20.0. The zero-order valence-electron chi connectivity index (χ0n) is 22.8. The molecule has 0 radical (unpaired) electrons. The number of piperidine rings is 1. The minimum absolute atomic E-state index is 0.107. The van der Waals surface area contributed by atoms with Gasteiger partial charge in [0.15, 0.2) is 5.82 Å². The molecule has 1 atom stereocenters. The van der Waals surface area contributed by atoms with E-state index in [4.69, 9.17) is 4.74 Å². The Labute approximate surface area is 237 Å². The molecule has 1 aliphatic heterocycles. The Bertz CT molecular complexity index is 1850. The van der Waals surface area contributed by atoms with Crippen LogP contribution in [0.5, 0.6) is 11.5 Å². The van der Waals surface area contributed by atoms with Crippen LogP contribution in [0.1, 0.15) is 30.7 Å². The number of hydrogen-bond acceptors (Lipinski definition) is 8. The lowest BCUT2D eigenvalue weighted by Gasteiger charge is -2.31. The van der Waals surface area contributed by atoms with E-state index in [0.29, 0.717) is 29.2 Å². The molecule has 4 heterocycles. The molecule has 1 fully saturated rings. The number of aryl methyl sites for hydroxylation is 2. The van der Waals surface area contributed by atoms with Gasteiger partial charge in [0, 0.05) is 25.3 Å². The maximum atomic E-state index is 12.2. The summed E-state index contributed by atoms with van der Waals surface area (Å²) >= 11 is 0. The van der Waals surface area contributed by atoms with Crippen molar-refractivity contribution in [2.45, 2.75) is 32.2 Å². The third-order valence-corrected chi connectivity index (χ3v) is 7.05. The molecule has 1 amide bonds. The first kappa shape index (κ1) is 26.0. The summed E-state index contributed by atoms with van der Waals surface area (Å²) in [6.45, 7) is 6.27. The van der Waals surface area contributed by atoms with E-state index in [-0.39, 0.29) is 11.9 Å². The number of nitrogens with zero attached hydrogens (tertiary/aromatic N) is 7. The lowest BCUT2D eigenvalue weighted by Crippen LogP contribution is -2.42. The fourth-order valence-corrected chi connectivity index (χ4v) is 4.90. The number of ether oxygens (including phenoxy) is 1. The van der Waals surface area contributed by atoms with Gasteiger partial charge >= 0.3 is 0 Å². The molecule has 5 aromatic rings. The summed E-state index contributed by atoms with van der Waals surface area (Å²) < 4.78 is 8.13. The first-order valence-corrected chi connectivity index (χ1v) is 13.4. The smallest absolute Gasteiger partial charge is 0.246 e. The molecule has 10 nitrogen and oxygen atoms in total. The fraction of sp³-hybridized carbons (Fsp3) is 0.226. The van der Waals surface area contributed by atoms with Gasteiger partial charge in [0.25, 0.3) is 0 Å². The van der Waals surface area contributed by atoms with Crippen LogP contribution < -0.4 is 10.1 Å². The number of rotatable bonds is 5. The van der Waals surface area contributed by atoms with Gasteiger partial charge in [0.2, 0.25) is 11.7 Å². The van der Waals surface area contributed by atoms with Crippen molar-refractivity contribution in [2.75, 3.05) is 11.9 Å². The number of imidazole rings is 1. The lowest BCUT2D eigenvalue weighted by atomic mass is 10.0. The number of hydrogen-bond donors (Lipinski definition) is 1. The van der Waals surface area contributed by atoms with Gasteiger partial charge in [-0.05, 0) is 74.1 Å². The zero-order chi connectivity index (χ0) is 28.3. The number of carbonyl (C=O) groups is 1. The third kappa shape index (κ3) is 5.43. The van der Waals surface area contributed by atoms with Gasteiger partial charge in [-0.25, -0.2) is 24.9 Å². The summed E-state index contributed by atoms with van der Waals surface area (Å²) in [5, 5.41) is 3.35. The van der Waals surface area contributed by atoms with Gasteiger partial charge in [0.1, 0.15) is 28.9 Å². The van der Waals surface area contributed by atoms with E-state index in [0.717, 1.165) is 53.0 Å². The summed E-state index contributed by atoms with van der Waals surface area (Å²) in [6.07, 6.45) is 9.02. The molecule has 1 aliphatic rings. The van der Waals surface area contributed by atoms with Crippen molar-refractivity contribution in [2.24, 2.45) is 7.05 Å². The van der Waals surface area contributed by atoms with E-state index in [9.17, 15) is 4.79 Å². The molecular formula is C31H28N8O2. The summed E-state index contributed by atoms with van der Waals surface area (Å²) in [5.74, 6) is 8.47. The van der Waals surface area contributed by atoms with Crippen molar-refractivity contribution in [1.29, 1.82) is 0 Å². The first-order valence-electron chi connectivity index (χ1n) is 13.4. The second-order valence-electron chi connectivity index (χ2n) is 9.88. The molecular weight excluding hydrogens is 516 g/mol. The van der Waals surface area contributed by atoms with Crippen molar-refractivity contribution in [3.05, 3.63) is 79.3 Å². The van der Waals surface area contributed by atoms with E-state index in [1.807, 2.05) is 54.9 Å². The van der Waals surface area contributed by atoms with Crippen LogP contribution in [0, 0.1) is 18.8 Å². The molecule has 41 heavy (non-hydrogen) atoms. The molecule has 1 N–H and O–H groups in total. The number of aromatic nitrogens is 6. The number of fused-ring (bicyclic) bond motifs is 2. The highest BCUT2D eigenvalue weighted by molar-refractivity contribution is 5.88. The predicted molar refractivity (Wildman–Crippen MR) is 157 cm³/mol. The number of benzene rings is 2. The Morgan fingerprint density at radius 3 is 2.88 bits per heavy atom. The summed E-state index contributed by atoms with van der Waals surface area (Å²) in [6, 6.07) is 11.5. The SMILES string of the molecule is C=CC(=O)N1CCCC[C@H]1C#Cc1ncc2ncnc(Nc3ccc(Oc4ccc5c(c4)ncn5C)c(C)c3)c2n1. The maximum absolute atomic E-state index is 12.2. The van der Waals surface area contributed by atoms with Crippen molar-refractivity contribution in [1.82, 2.24) is 34.4 Å². The van der Waals surface area contributed by atoms with E-state index in [2.05, 4.69) is 48.7 Å². The average molecular weight is 545 g/mol. The molecule has 0 aliphatic carbocycles. The minimum Gasteiger partial charge on any atom is -0.457 e. The van der Waals surface area contributed by atoms with E-state index in [1.54, 1.807) is 17.4 Å². The number of likely N-dealkylation sites (tertiary alicyclic amines) is 1. The van der Waals surface area contributed by atoms with Gasteiger partial charge < -0.3 is 19.5 Å². The van der Waals surface area contributed by atoms with Crippen LogP contribution >= 0.6 is 0 Å². The maximum Gasteiger partial charge on any atom is 0.246 e. The molecule has 204 valence electrons. The lowest BCUT2D eigenvalue weighted by molar-refractivity contribution is -0.128. The highest BCUT2D eigenvalue weighted by atomic mass is 16.5. The van der Waals surface area contributed by atoms with Gasteiger partial charge in [-0.15, -0.1) is 0 Å². The molecule has 2 aromatic carbocycles. The zero-order valence-corrected chi connectivity index (χ0v) is 22.8. The molecule has 0 unspecified atom stereocenters. The molecule has 3 aromatic heterocycles. The van der Waals surface area contributed by atoms with E-state index < -0.39 is 0 Å². The highest BCUT2D eigenvalue weighted by Crippen LogP contribution is 2.30. The van der Waals surface area contributed by atoms with Gasteiger partial charge in [0.05, 0.1) is 29.6 Å². The Hall–Kier alpha value is -5.30. The highest BCUT2D eigenvalue weighted by Gasteiger charge is 2.23. The summed E-state index contributed by atoms with van der Waals surface area (Å²) in [7, 11) is 1.96. The molecule has 0 spiro atoms. The molecule has 6 rings (SSSR count). The van der Waals surface area contributed by atoms with Crippen LogP contribution in [0.3, 0.4) is 0 Å². The third-order valence-electron chi connectivity index (χ3n) is 7.05. The predicted octanol–water partition coefficient (Wildman–Crippen LogP) is 5.07. The molecule has 1 saturated heterocycles. The molecule has 0 bridgehead atoms. The van der Waals surface area contributed by atoms with Crippen LogP contribution in [0.2, 0.25) is 0 Å². The van der Waals surface area contributed by atoms with Crippen molar-refractivity contribution in [3.8, 4) is 23.3 Å². The Kier molecular flexibility index (Phi) is 7.00. The minimum atomic E-state index is -0.187. The Balaban J connectivity index is 1.22. The van der Waals surface area contributed by atoms with Crippen LogP contribution in [-0.4, -0.2) is 52.9 Å². The molecule has 10 heteroatoms. The van der Waals surface area contributed by atoms with Gasteiger partial charge in [-0.3, -0.25) is 4.79 Å². The average Bonchev–Trinajstić information content (AvgIpc) is 3.37. The normalized spacial score (nSPS) is 14.9. The topological polar surface area (TPSA) is 111 Å². The second kappa shape index (κ2) is 11.1. The van der Waals surface area contributed by atoms with E-state index in [1.165, 1.54) is 12.4 Å². The Morgan fingerprint density at radius 2 is 2.02 bits per heavy atom. The summed E-state index contributed by atoms with van der Waals surface area (Å²) in [4.78, 5) is 36.1. The van der Waals surface area contributed by atoms with E-state index >= 15 is 0 Å². The number of carbonyl (C=O) groups excluding carboxylic acids is 1. The number of amides is 1. The fourth-order valence-electron chi connectivity index (χ4n) is 4.90. The van der Waals surface area contributed by atoms with Crippen molar-refractivity contribution < 1.29 is 9.53 Å². The van der Waals surface area contributed by atoms with Crippen LogP contribution in [0.15, 0.2) is 67.9 Å². The quantitative estimate of drug-likeness (QED) is 0.241. The number of anilines is 2. The second-order valence-corrected chi connectivity index (χ2v) is 9.88. The monoisotopic (exact) mass is 544 g/mol.